The molecule has 116 valence electrons. The molecule has 0 aliphatic carbocycles. The number of aromatic nitrogens is 2. The number of benzene rings is 2. The highest BCUT2D eigenvalue weighted by Crippen LogP contribution is 2.18. The Hall–Kier alpha value is -2.46. The second-order valence-corrected chi connectivity index (χ2v) is 6.24. The first-order valence-electron chi connectivity index (χ1n) is 8.08. The van der Waals surface area contributed by atoms with Gasteiger partial charge in [0.05, 0.1) is 6.54 Å². The Morgan fingerprint density at radius 2 is 1.78 bits per heavy atom. The molecule has 1 N–H and O–H groups in total. The number of fused-ring (bicyclic) bond motifs is 1. The highest BCUT2D eigenvalue weighted by Gasteiger charge is 2.21. The molecule has 2 heterocycles. The predicted octanol–water partition coefficient (Wildman–Crippen LogP) is 2.19. The number of nitrogens with zero attached hydrogens (tertiary/aromatic N) is 2. The Kier molecular flexibility index (Phi) is 3.67. The zero-order valence-corrected chi connectivity index (χ0v) is 13.2. The molecule has 0 spiro atoms. The Morgan fingerprint density at radius 1 is 1.00 bits per heavy atom. The summed E-state index contributed by atoms with van der Waals surface area (Å²) in [5.74, 6) is 1.33. The third kappa shape index (κ3) is 3.03. The van der Waals surface area contributed by atoms with Crippen molar-refractivity contribution in [3.8, 4) is 11.5 Å². The largest absolute Gasteiger partial charge is 0.415 e. The van der Waals surface area contributed by atoms with E-state index in [0.29, 0.717) is 5.89 Å². The van der Waals surface area contributed by atoms with Gasteiger partial charge >= 0.3 is 0 Å². The van der Waals surface area contributed by atoms with E-state index >= 15 is 0 Å². The lowest BCUT2D eigenvalue weighted by Crippen LogP contribution is -3.10. The first kappa shape index (κ1) is 14.2. The van der Waals surface area contributed by atoms with Gasteiger partial charge in [0.1, 0.15) is 6.54 Å². The lowest BCUT2D eigenvalue weighted by Gasteiger charge is -2.24. The maximum absolute atomic E-state index is 5.86. The molecule has 1 aliphatic rings. The lowest BCUT2D eigenvalue weighted by atomic mass is 10.00. The molecule has 0 radical (unpaired) electrons. The molecule has 23 heavy (non-hydrogen) atoms. The summed E-state index contributed by atoms with van der Waals surface area (Å²) in [6, 6.07) is 16.9. The summed E-state index contributed by atoms with van der Waals surface area (Å²) < 4.78 is 5.86. The fraction of sp³-hybridized carbons (Fsp3) is 0.263. The Balaban J connectivity index is 1.47. The zero-order valence-electron chi connectivity index (χ0n) is 13.2. The Morgan fingerprint density at radius 3 is 2.61 bits per heavy atom. The van der Waals surface area contributed by atoms with Crippen molar-refractivity contribution in [1.82, 2.24) is 10.2 Å². The van der Waals surface area contributed by atoms with Crippen LogP contribution >= 0.6 is 0 Å². The lowest BCUT2D eigenvalue weighted by molar-refractivity contribution is -0.930. The molecule has 2 aromatic carbocycles. The van der Waals surface area contributed by atoms with Gasteiger partial charge in [0, 0.05) is 17.5 Å². The molecule has 1 aromatic heterocycles. The topological polar surface area (TPSA) is 43.4 Å². The Bertz CT molecular complexity index is 807. The van der Waals surface area contributed by atoms with Crippen molar-refractivity contribution < 1.29 is 9.32 Å². The summed E-state index contributed by atoms with van der Waals surface area (Å²) in [6.07, 6.45) is 1.12. The summed E-state index contributed by atoms with van der Waals surface area (Å²) in [6.45, 7) is 4.99. The number of rotatable bonds is 3. The molecule has 1 unspecified atom stereocenters. The van der Waals surface area contributed by atoms with Gasteiger partial charge in [-0.1, -0.05) is 42.0 Å². The molecule has 0 bridgehead atoms. The van der Waals surface area contributed by atoms with E-state index in [4.69, 9.17) is 4.42 Å². The van der Waals surface area contributed by atoms with Crippen LogP contribution in [0.15, 0.2) is 52.9 Å². The van der Waals surface area contributed by atoms with E-state index < -0.39 is 0 Å². The first-order valence-corrected chi connectivity index (χ1v) is 8.08. The van der Waals surface area contributed by atoms with Crippen LogP contribution in [0.4, 0.5) is 0 Å². The van der Waals surface area contributed by atoms with Crippen molar-refractivity contribution in [2.75, 3.05) is 6.54 Å². The van der Waals surface area contributed by atoms with Gasteiger partial charge < -0.3 is 9.32 Å². The average Bonchev–Trinajstić information content (AvgIpc) is 3.04. The van der Waals surface area contributed by atoms with E-state index in [1.807, 2.05) is 12.1 Å². The van der Waals surface area contributed by atoms with Gasteiger partial charge in [-0.05, 0) is 24.6 Å². The minimum atomic E-state index is 0.608. The molecular formula is C19H20N3O+. The van der Waals surface area contributed by atoms with Crippen LogP contribution in [0.25, 0.3) is 11.5 Å². The normalized spacial score (nSPS) is 17.0. The average molecular weight is 306 g/mol. The van der Waals surface area contributed by atoms with E-state index in [1.54, 1.807) is 0 Å². The maximum Gasteiger partial charge on any atom is 0.271 e. The van der Waals surface area contributed by atoms with Gasteiger partial charge in [-0.25, -0.2) is 0 Å². The second kappa shape index (κ2) is 5.97. The summed E-state index contributed by atoms with van der Waals surface area (Å²) in [4.78, 5) is 1.47. The van der Waals surface area contributed by atoms with Crippen LogP contribution in [0.3, 0.4) is 0 Å². The molecule has 0 amide bonds. The highest BCUT2D eigenvalue weighted by molar-refractivity contribution is 5.52. The molecule has 1 atom stereocenters. The SMILES string of the molecule is Cc1ccc(-c2nnc(C[NH+]3CCc4ccccc4C3)o2)cc1. The van der Waals surface area contributed by atoms with E-state index in [1.165, 1.54) is 21.6 Å². The van der Waals surface area contributed by atoms with Crippen molar-refractivity contribution in [2.45, 2.75) is 26.4 Å². The van der Waals surface area contributed by atoms with Crippen LogP contribution in [0.1, 0.15) is 22.6 Å². The third-order valence-corrected chi connectivity index (χ3v) is 4.47. The van der Waals surface area contributed by atoms with Gasteiger partial charge in [0.25, 0.3) is 5.89 Å². The summed E-state index contributed by atoms with van der Waals surface area (Å²) in [5.41, 5.74) is 5.12. The number of quaternary nitrogens is 1. The summed E-state index contributed by atoms with van der Waals surface area (Å²) in [5, 5.41) is 8.42. The molecule has 0 saturated heterocycles. The predicted molar refractivity (Wildman–Crippen MR) is 87.9 cm³/mol. The molecule has 4 heteroatoms. The van der Waals surface area contributed by atoms with Gasteiger partial charge in [-0.15, -0.1) is 10.2 Å². The smallest absolute Gasteiger partial charge is 0.271 e. The van der Waals surface area contributed by atoms with Crippen LogP contribution in [-0.2, 0) is 19.5 Å². The van der Waals surface area contributed by atoms with E-state index in [-0.39, 0.29) is 0 Å². The van der Waals surface area contributed by atoms with Crippen molar-refractivity contribution in [3.05, 3.63) is 71.1 Å². The molecule has 0 fully saturated rings. The van der Waals surface area contributed by atoms with Gasteiger partial charge in [0.15, 0.2) is 6.54 Å². The second-order valence-electron chi connectivity index (χ2n) is 6.24. The minimum absolute atomic E-state index is 0.608. The molecule has 0 saturated carbocycles. The van der Waals surface area contributed by atoms with Gasteiger partial charge in [-0.3, -0.25) is 0 Å². The quantitative estimate of drug-likeness (QED) is 0.806. The van der Waals surface area contributed by atoms with Gasteiger partial charge in [0.2, 0.25) is 5.89 Å². The molecule has 3 aromatic rings. The fourth-order valence-electron chi connectivity index (χ4n) is 3.15. The zero-order chi connectivity index (χ0) is 15.6. The Labute approximate surface area is 135 Å². The molecular weight excluding hydrogens is 286 g/mol. The molecule has 4 nitrogen and oxygen atoms in total. The van der Waals surface area contributed by atoms with Crippen LogP contribution in [0.5, 0.6) is 0 Å². The maximum atomic E-state index is 5.86. The first-order chi connectivity index (χ1) is 11.3. The van der Waals surface area contributed by atoms with Crippen molar-refractivity contribution in [2.24, 2.45) is 0 Å². The number of hydrogen-bond donors (Lipinski definition) is 1. The van der Waals surface area contributed by atoms with Crippen LogP contribution < -0.4 is 4.90 Å². The van der Waals surface area contributed by atoms with Crippen LogP contribution in [0, 0.1) is 6.92 Å². The van der Waals surface area contributed by atoms with E-state index in [9.17, 15) is 0 Å². The van der Waals surface area contributed by atoms with E-state index in [0.717, 1.165) is 37.5 Å². The van der Waals surface area contributed by atoms with Crippen molar-refractivity contribution in [1.29, 1.82) is 0 Å². The number of aryl methyl sites for hydroxylation is 1. The van der Waals surface area contributed by atoms with Crippen LogP contribution in [-0.4, -0.2) is 16.7 Å². The highest BCUT2D eigenvalue weighted by atomic mass is 16.4. The molecule has 1 aliphatic heterocycles. The third-order valence-electron chi connectivity index (χ3n) is 4.47. The van der Waals surface area contributed by atoms with E-state index in [2.05, 4.69) is 53.5 Å². The molecule has 4 rings (SSSR count). The standard InChI is InChI=1S/C19H19N3O/c1-14-6-8-16(9-7-14)19-21-20-18(23-19)13-22-11-10-15-4-2-3-5-17(15)12-22/h2-9H,10-13H2,1H3/p+1. The van der Waals surface area contributed by atoms with Crippen LogP contribution in [0.2, 0.25) is 0 Å². The van der Waals surface area contributed by atoms with Crippen molar-refractivity contribution >= 4 is 0 Å². The van der Waals surface area contributed by atoms with Crippen molar-refractivity contribution in [3.63, 3.8) is 0 Å². The monoisotopic (exact) mass is 306 g/mol. The minimum Gasteiger partial charge on any atom is -0.415 e. The van der Waals surface area contributed by atoms with Gasteiger partial charge in [-0.2, -0.15) is 0 Å². The summed E-state index contributed by atoms with van der Waals surface area (Å²) in [7, 11) is 0. The number of hydrogen-bond acceptors (Lipinski definition) is 3. The summed E-state index contributed by atoms with van der Waals surface area (Å²) >= 11 is 0. The number of nitrogens with one attached hydrogen (secondary N) is 1. The fourth-order valence-corrected chi connectivity index (χ4v) is 3.15.